The maximum Gasteiger partial charge on any atom is 0.0469 e. The average molecular weight is 316 g/mol. The molecule has 0 unspecified atom stereocenters. The summed E-state index contributed by atoms with van der Waals surface area (Å²) in [5.41, 5.74) is 1.55. The van der Waals surface area contributed by atoms with Crippen molar-refractivity contribution in [3.8, 4) is 0 Å². The Kier molecular flexibility index (Phi) is 4.44. The summed E-state index contributed by atoms with van der Waals surface area (Å²) in [7, 11) is 0. The topological polar surface area (TPSA) is 24.5 Å². The quantitative estimate of drug-likeness (QED) is 0.940. The first-order valence-corrected chi connectivity index (χ1v) is 9.30. The molecule has 2 aromatic rings. The zero-order valence-electron chi connectivity index (χ0n) is 13.0. The molecule has 0 amide bonds. The molecule has 3 heterocycles. The number of nitrogens with zero attached hydrogens (tertiary/aromatic N) is 1. The van der Waals surface area contributed by atoms with Crippen molar-refractivity contribution >= 4 is 21.4 Å². The van der Waals surface area contributed by atoms with Crippen molar-refractivity contribution in [3.63, 3.8) is 0 Å². The smallest absolute Gasteiger partial charge is 0.0469 e. The summed E-state index contributed by atoms with van der Waals surface area (Å²) in [5, 5.41) is 7.36. The molecule has 0 radical (unpaired) electrons. The van der Waals surface area contributed by atoms with Gasteiger partial charge in [-0.15, -0.1) is 11.3 Å². The fraction of sp³-hybridized carbons (Fsp3) is 0.556. The Bertz CT molecular complexity index is 596. The number of fused-ring (bicyclic) bond motifs is 1. The van der Waals surface area contributed by atoms with Crippen LogP contribution in [0.15, 0.2) is 29.6 Å². The zero-order chi connectivity index (χ0) is 14.8. The molecule has 1 atom stereocenters. The van der Waals surface area contributed by atoms with E-state index in [0.717, 1.165) is 45.3 Å². The minimum Gasteiger partial charge on any atom is -0.381 e. The minimum absolute atomic E-state index is 0.558. The number of nitrogens with one attached hydrogen (secondary N) is 1. The second-order valence-electron chi connectivity index (χ2n) is 6.37. The van der Waals surface area contributed by atoms with E-state index in [0.29, 0.717) is 6.04 Å². The normalized spacial score (nSPS) is 22.9. The summed E-state index contributed by atoms with van der Waals surface area (Å²) in [6.45, 7) is 6.40. The highest BCUT2D eigenvalue weighted by molar-refractivity contribution is 7.17. The van der Waals surface area contributed by atoms with E-state index in [1.165, 1.54) is 22.9 Å². The molecule has 0 spiro atoms. The molecule has 1 aromatic heterocycles. The van der Waals surface area contributed by atoms with E-state index in [1.807, 2.05) is 11.3 Å². The number of benzene rings is 1. The van der Waals surface area contributed by atoms with Gasteiger partial charge in [0.1, 0.15) is 0 Å². The largest absolute Gasteiger partial charge is 0.381 e. The molecule has 2 saturated heterocycles. The summed E-state index contributed by atoms with van der Waals surface area (Å²) in [4.78, 5) is 2.71. The van der Waals surface area contributed by atoms with Crippen LogP contribution in [-0.4, -0.2) is 44.3 Å². The summed E-state index contributed by atoms with van der Waals surface area (Å²) in [6, 6.07) is 9.44. The van der Waals surface area contributed by atoms with E-state index >= 15 is 0 Å². The molecule has 3 nitrogen and oxygen atoms in total. The van der Waals surface area contributed by atoms with Crippen molar-refractivity contribution in [2.75, 3.05) is 39.4 Å². The van der Waals surface area contributed by atoms with Gasteiger partial charge in [-0.2, -0.15) is 0 Å². The third kappa shape index (κ3) is 2.81. The standard InChI is InChI=1S/C18H24N2OS/c1-2-4-17-15(3-1)16(13-22-17)18(14-5-11-21-12-6-14)20-9-7-19-8-10-20/h1-4,13-14,18-19H,5-12H2/t18-/m1/s1. The second-order valence-corrected chi connectivity index (χ2v) is 7.28. The monoisotopic (exact) mass is 316 g/mol. The first-order valence-electron chi connectivity index (χ1n) is 8.42. The van der Waals surface area contributed by atoms with Gasteiger partial charge < -0.3 is 10.1 Å². The molecular weight excluding hydrogens is 292 g/mol. The van der Waals surface area contributed by atoms with Gasteiger partial charge in [0.2, 0.25) is 0 Å². The van der Waals surface area contributed by atoms with Crippen LogP contribution in [0.4, 0.5) is 0 Å². The summed E-state index contributed by atoms with van der Waals surface area (Å²) in [5.74, 6) is 0.727. The third-order valence-electron chi connectivity index (χ3n) is 5.09. The van der Waals surface area contributed by atoms with Gasteiger partial charge in [-0.3, -0.25) is 4.90 Å². The lowest BCUT2D eigenvalue weighted by Gasteiger charge is -2.41. The number of hydrogen-bond acceptors (Lipinski definition) is 4. The maximum absolute atomic E-state index is 5.61. The average Bonchev–Trinajstić information content (AvgIpc) is 3.01. The molecule has 2 aliphatic rings. The number of rotatable bonds is 3. The van der Waals surface area contributed by atoms with Crippen LogP contribution in [0.1, 0.15) is 24.4 Å². The van der Waals surface area contributed by atoms with Crippen molar-refractivity contribution in [3.05, 3.63) is 35.2 Å². The molecule has 1 N–H and O–H groups in total. The lowest BCUT2D eigenvalue weighted by Crippen LogP contribution is -2.47. The predicted molar refractivity (Wildman–Crippen MR) is 92.6 cm³/mol. The molecule has 4 rings (SSSR count). The number of thiophene rings is 1. The van der Waals surface area contributed by atoms with Crippen LogP contribution < -0.4 is 5.32 Å². The summed E-state index contributed by atoms with van der Waals surface area (Å²) >= 11 is 1.90. The predicted octanol–water partition coefficient (Wildman–Crippen LogP) is 3.27. The highest BCUT2D eigenvalue weighted by Gasteiger charge is 2.32. The molecule has 2 fully saturated rings. The fourth-order valence-corrected chi connectivity index (χ4v) is 4.96. The zero-order valence-corrected chi connectivity index (χ0v) is 13.8. The highest BCUT2D eigenvalue weighted by Crippen LogP contribution is 2.40. The SMILES string of the molecule is c1ccc2c([C@@H](C3CCOCC3)N3CCNCC3)csc2c1. The fourth-order valence-electron chi connectivity index (χ4n) is 3.97. The van der Waals surface area contributed by atoms with Crippen molar-refractivity contribution in [1.82, 2.24) is 10.2 Å². The van der Waals surface area contributed by atoms with Crippen LogP contribution in [0.25, 0.3) is 10.1 Å². The van der Waals surface area contributed by atoms with Crippen molar-refractivity contribution < 1.29 is 4.74 Å². The minimum atomic E-state index is 0.558. The molecule has 0 aliphatic carbocycles. The lowest BCUT2D eigenvalue weighted by atomic mass is 9.85. The van der Waals surface area contributed by atoms with Gasteiger partial charge >= 0.3 is 0 Å². The van der Waals surface area contributed by atoms with E-state index in [4.69, 9.17) is 4.74 Å². The van der Waals surface area contributed by atoms with Crippen molar-refractivity contribution in [1.29, 1.82) is 0 Å². The molecule has 0 saturated carbocycles. The second kappa shape index (κ2) is 6.67. The molecule has 2 aliphatic heterocycles. The van der Waals surface area contributed by atoms with E-state index < -0.39 is 0 Å². The van der Waals surface area contributed by atoms with Gasteiger partial charge in [-0.05, 0) is 41.2 Å². The van der Waals surface area contributed by atoms with Gasteiger partial charge in [0.05, 0.1) is 0 Å². The highest BCUT2D eigenvalue weighted by atomic mass is 32.1. The van der Waals surface area contributed by atoms with Gasteiger partial charge in [0, 0.05) is 50.1 Å². The molecule has 0 bridgehead atoms. The van der Waals surface area contributed by atoms with Gasteiger partial charge in [-0.25, -0.2) is 0 Å². The molecule has 22 heavy (non-hydrogen) atoms. The Balaban J connectivity index is 1.71. The Morgan fingerprint density at radius 1 is 1.14 bits per heavy atom. The van der Waals surface area contributed by atoms with E-state index in [1.54, 1.807) is 5.56 Å². The summed E-state index contributed by atoms with van der Waals surface area (Å²) in [6.07, 6.45) is 2.39. The van der Waals surface area contributed by atoms with Crippen LogP contribution in [0.3, 0.4) is 0 Å². The van der Waals surface area contributed by atoms with Crippen LogP contribution in [0.5, 0.6) is 0 Å². The first-order chi connectivity index (χ1) is 10.9. The number of hydrogen-bond donors (Lipinski definition) is 1. The lowest BCUT2D eigenvalue weighted by molar-refractivity contribution is 0.0218. The molecule has 4 heteroatoms. The van der Waals surface area contributed by atoms with Gasteiger partial charge in [0.25, 0.3) is 0 Å². The van der Waals surface area contributed by atoms with Crippen LogP contribution in [-0.2, 0) is 4.74 Å². The molecule has 118 valence electrons. The summed E-state index contributed by atoms with van der Waals surface area (Å²) < 4.78 is 7.03. The van der Waals surface area contributed by atoms with E-state index in [9.17, 15) is 0 Å². The van der Waals surface area contributed by atoms with Crippen LogP contribution >= 0.6 is 11.3 Å². The van der Waals surface area contributed by atoms with E-state index in [2.05, 4.69) is 39.9 Å². The van der Waals surface area contributed by atoms with Crippen LogP contribution in [0, 0.1) is 5.92 Å². The molecular formula is C18H24N2OS. The third-order valence-corrected chi connectivity index (χ3v) is 6.07. The molecule has 1 aromatic carbocycles. The van der Waals surface area contributed by atoms with Crippen molar-refractivity contribution in [2.24, 2.45) is 5.92 Å². The Morgan fingerprint density at radius 3 is 2.73 bits per heavy atom. The Morgan fingerprint density at radius 2 is 1.91 bits per heavy atom. The van der Waals surface area contributed by atoms with E-state index in [-0.39, 0.29) is 0 Å². The van der Waals surface area contributed by atoms with Crippen molar-refractivity contribution in [2.45, 2.75) is 18.9 Å². The Hall–Kier alpha value is -0.940. The number of ether oxygens (including phenoxy) is 1. The maximum atomic E-state index is 5.61. The van der Waals surface area contributed by atoms with Gasteiger partial charge in [0.15, 0.2) is 0 Å². The van der Waals surface area contributed by atoms with Crippen LogP contribution in [0.2, 0.25) is 0 Å². The first kappa shape index (κ1) is 14.6. The van der Waals surface area contributed by atoms with Gasteiger partial charge in [-0.1, -0.05) is 18.2 Å². The Labute approximate surface area is 136 Å². The number of piperazine rings is 1.